The number of carbonyl (C=O) groups excluding carboxylic acids is 2. The van der Waals surface area contributed by atoms with Crippen LogP contribution in [-0.2, 0) is 9.59 Å². The molecule has 2 rings (SSSR count). The maximum absolute atomic E-state index is 12.0. The van der Waals surface area contributed by atoms with Crippen molar-refractivity contribution in [3.8, 4) is 6.07 Å². The van der Waals surface area contributed by atoms with Gasteiger partial charge < -0.3 is 10.6 Å². The molecule has 10 heteroatoms. The number of nitrogens with zero attached hydrogens (tertiary/aromatic N) is 3. The monoisotopic (exact) mass is 407 g/mol. The SMILES string of the molecule is CCCNC(=O)CSc1nnc(SCC(=O)Nc2ccccc2C#N)s1. The predicted molar refractivity (Wildman–Crippen MR) is 104 cm³/mol. The number of hydrogen-bond donors (Lipinski definition) is 2. The zero-order chi connectivity index (χ0) is 18.8. The largest absolute Gasteiger partial charge is 0.355 e. The van der Waals surface area contributed by atoms with Gasteiger partial charge in [0.05, 0.1) is 22.8 Å². The van der Waals surface area contributed by atoms with Crippen molar-refractivity contribution in [1.82, 2.24) is 15.5 Å². The predicted octanol–water partition coefficient (Wildman–Crippen LogP) is 2.76. The summed E-state index contributed by atoms with van der Waals surface area (Å²) in [7, 11) is 0. The highest BCUT2D eigenvalue weighted by atomic mass is 32.2. The fourth-order valence-corrected chi connectivity index (χ4v) is 4.41. The number of benzene rings is 1. The molecule has 136 valence electrons. The molecule has 2 N–H and O–H groups in total. The van der Waals surface area contributed by atoms with E-state index >= 15 is 0 Å². The summed E-state index contributed by atoms with van der Waals surface area (Å²) in [5.74, 6) is 0.207. The van der Waals surface area contributed by atoms with Crippen molar-refractivity contribution in [3.05, 3.63) is 29.8 Å². The Morgan fingerprint density at radius 1 is 1.15 bits per heavy atom. The van der Waals surface area contributed by atoms with Crippen molar-refractivity contribution in [2.75, 3.05) is 23.4 Å². The molecular weight excluding hydrogens is 390 g/mol. The number of para-hydroxylation sites is 1. The Labute approximate surface area is 164 Å². The second kappa shape index (κ2) is 10.8. The fourth-order valence-electron chi connectivity index (χ4n) is 1.76. The van der Waals surface area contributed by atoms with Crippen molar-refractivity contribution in [1.29, 1.82) is 5.26 Å². The molecule has 0 saturated heterocycles. The van der Waals surface area contributed by atoms with Gasteiger partial charge in [-0.1, -0.05) is 53.9 Å². The number of thioether (sulfide) groups is 2. The van der Waals surface area contributed by atoms with Gasteiger partial charge in [0.15, 0.2) is 8.68 Å². The lowest BCUT2D eigenvalue weighted by Crippen LogP contribution is -2.25. The van der Waals surface area contributed by atoms with E-state index in [1.807, 2.05) is 13.0 Å². The minimum atomic E-state index is -0.221. The number of hydrogen-bond acceptors (Lipinski definition) is 8. The third-order valence-electron chi connectivity index (χ3n) is 2.94. The Hall–Kier alpha value is -2.09. The molecule has 0 aliphatic heterocycles. The van der Waals surface area contributed by atoms with Gasteiger partial charge in [-0.25, -0.2) is 0 Å². The molecule has 2 aromatic rings. The maximum Gasteiger partial charge on any atom is 0.234 e. The Balaban J connectivity index is 1.77. The Morgan fingerprint density at radius 2 is 1.81 bits per heavy atom. The standard InChI is InChI=1S/C16H17N5O2S3/c1-2-7-18-13(22)9-24-15-20-21-16(26-15)25-10-14(23)19-12-6-4-3-5-11(12)8-17/h3-6H,2,7,9-10H2,1H3,(H,18,22)(H,19,23). The maximum atomic E-state index is 12.0. The summed E-state index contributed by atoms with van der Waals surface area (Å²) in [6, 6.07) is 8.87. The molecule has 0 fully saturated rings. The van der Waals surface area contributed by atoms with Crippen LogP contribution in [0, 0.1) is 11.3 Å². The summed E-state index contributed by atoms with van der Waals surface area (Å²) >= 11 is 3.94. The number of carbonyl (C=O) groups is 2. The van der Waals surface area contributed by atoms with Gasteiger partial charge in [-0.05, 0) is 18.6 Å². The summed E-state index contributed by atoms with van der Waals surface area (Å²) in [6.45, 7) is 2.66. The smallest absolute Gasteiger partial charge is 0.234 e. The van der Waals surface area contributed by atoms with E-state index in [4.69, 9.17) is 5.26 Å². The number of amides is 2. The molecule has 0 unspecified atom stereocenters. The van der Waals surface area contributed by atoms with Crippen LogP contribution in [-0.4, -0.2) is 40.1 Å². The molecular formula is C16H17N5O2S3. The van der Waals surface area contributed by atoms with Gasteiger partial charge in [0, 0.05) is 6.54 Å². The van der Waals surface area contributed by atoms with Crippen molar-refractivity contribution < 1.29 is 9.59 Å². The molecule has 0 spiro atoms. The topological polar surface area (TPSA) is 108 Å². The van der Waals surface area contributed by atoms with Crippen LogP contribution in [0.4, 0.5) is 5.69 Å². The molecule has 0 aliphatic rings. The first-order chi connectivity index (χ1) is 12.6. The molecule has 1 heterocycles. The van der Waals surface area contributed by atoms with Crippen LogP contribution >= 0.6 is 34.9 Å². The Morgan fingerprint density at radius 3 is 2.46 bits per heavy atom. The highest BCUT2D eigenvalue weighted by Gasteiger charge is 2.11. The van der Waals surface area contributed by atoms with Crippen LogP contribution in [0.15, 0.2) is 32.9 Å². The molecule has 0 atom stereocenters. The summed E-state index contributed by atoms with van der Waals surface area (Å²) in [6.07, 6.45) is 0.900. The van der Waals surface area contributed by atoms with Gasteiger partial charge in [-0.2, -0.15) is 5.26 Å². The van der Waals surface area contributed by atoms with Crippen molar-refractivity contribution >= 4 is 52.4 Å². The fraction of sp³-hybridized carbons (Fsp3) is 0.312. The molecule has 2 amide bonds. The van der Waals surface area contributed by atoms with Crippen molar-refractivity contribution in [2.45, 2.75) is 22.0 Å². The van der Waals surface area contributed by atoms with E-state index in [-0.39, 0.29) is 17.6 Å². The quantitative estimate of drug-likeness (QED) is 0.615. The van der Waals surface area contributed by atoms with E-state index < -0.39 is 0 Å². The minimum absolute atomic E-state index is 0.0308. The number of rotatable bonds is 9. The second-order valence-corrected chi connectivity index (χ2v) is 8.39. The molecule has 1 aromatic heterocycles. The Bertz CT molecular complexity index is 803. The van der Waals surface area contributed by atoms with Crippen LogP contribution in [0.1, 0.15) is 18.9 Å². The van der Waals surface area contributed by atoms with Crippen LogP contribution in [0.3, 0.4) is 0 Å². The lowest BCUT2D eigenvalue weighted by Gasteiger charge is -2.05. The third kappa shape index (κ3) is 6.67. The normalized spacial score (nSPS) is 10.2. The summed E-state index contributed by atoms with van der Waals surface area (Å²) in [5.41, 5.74) is 0.911. The number of anilines is 1. The summed E-state index contributed by atoms with van der Waals surface area (Å²) in [5, 5.41) is 22.6. The van der Waals surface area contributed by atoms with Crippen molar-refractivity contribution in [2.24, 2.45) is 0 Å². The number of aromatic nitrogens is 2. The minimum Gasteiger partial charge on any atom is -0.355 e. The first kappa shape index (κ1) is 20.2. The van der Waals surface area contributed by atoms with E-state index in [0.29, 0.717) is 32.2 Å². The zero-order valence-electron chi connectivity index (χ0n) is 14.0. The van der Waals surface area contributed by atoms with Gasteiger partial charge in [-0.15, -0.1) is 10.2 Å². The molecule has 0 aliphatic carbocycles. The lowest BCUT2D eigenvalue weighted by molar-refractivity contribution is -0.118. The first-order valence-electron chi connectivity index (χ1n) is 7.77. The van der Waals surface area contributed by atoms with E-state index in [1.165, 1.54) is 34.9 Å². The molecule has 1 aromatic carbocycles. The van der Waals surface area contributed by atoms with Gasteiger partial charge >= 0.3 is 0 Å². The third-order valence-corrected chi connectivity index (χ3v) is 6.13. The average molecular weight is 408 g/mol. The molecule has 26 heavy (non-hydrogen) atoms. The van der Waals surface area contributed by atoms with E-state index in [1.54, 1.807) is 24.3 Å². The van der Waals surface area contributed by atoms with E-state index in [9.17, 15) is 9.59 Å². The van der Waals surface area contributed by atoms with Gasteiger partial charge in [-0.3, -0.25) is 9.59 Å². The van der Waals surface area contributed by atoms with Gasteiger partial charge in [0.2, 0.25) is 11.8 Å². The highest BCUT2D eigenvalue weighted by Crippen LogP contribution is 2.28. The molecule has 0 saturated carbocycles. The van der Waals surface area contributed by atoms with Crippen molar-refractivity contribution in [3.63, 3.8) is 0 Å². The lowest BCUT2D eigenvalue weighted by atomic mass is 10.2. The number of nitrogens with one attached hydrogen (secondary N) is 2. The van der Waals surface area contributed by atoms with E-state index in [2.05, 4.69) is 20.8 Å². The molecule has 7 nitrogen and oxygen atoms in total. The molecule has 0 radical (unpaired) electrons. The van der Waals surface area contributed by atoms with Gasteiger partial charge in [0.1, 0.15) is 6.07 Å². The Kier molecular flexibility index (Phi) is 8.40. The average Bonchev–Trinajstić information content (AvgIpc) is 3.11. The second-order valence-electron chi connectivity index (χ2n) is 4.97. The van der Waals surface area contributed by atoms with E-state index in [0.717, 1.165) is 6.42 Å². The van der Waals surface area contributed by atoms with Crippen LogP contribution in [0.5, 0.6) is 0 Å². The van der Waals surface area contributed by atoms with Crippen LogP contribution in [0.2, 0.25) is 0 Å². The van der Waals surface area contributed by atoms with Crippen LogP contribution < -0.4 is 10.6 Å². The molecule has 0 bridgehead atoms. The van der Waals surface area contributed by atoms with Crippen LogP contribution in [0.25, 0.3) is 0 Å². The highest BCUT2D eigenvalue weighted by molar-refractivity contribution is 8.03. The van der Waals surface area contributed by atoms with Gasteiger partial charge in [0.25, 0.3) is 0 Å². The number of nitriles is 1. The first-order valence-corrected chi connectivity index (χ1v) is 10.6. The summed E-state index contributed by atoms with van der Waals surface area (Å²) in [4.78, 5) is 23.6. The summed E-state index contributed by atoms with van der Waals surface area (Å²) < 4.78 is 1.35. The zero-order valence-corrected chi connectivity index (χ0v) is 16.5.